The minimum Gasteiger partial charge on any atom is -0.466 e. The highest BCUT2D eigenvalue weighted by molar-refractivity contribution is 5.81. The van der Waals surface area contributed by atoms with Crippen molar-refractivity contribution in [3.63, 3.8) is 0 Å². The summed E-state index contributed by atoms with van der Waals surface area (Å²) in [5.74, 6) is 0.796. The lowest BCUT2D eigenvalue weighted by Gasteiger charge is -2.33. The van der Waals surface area contributed by atoms with Crippen LogP contribution in [0.5, 0.6) is 0 Å². The Kier molecular flexibility index (Phi) is 4.23. The molecule has 0 spiro atoms. The molecule has 0 aromatic carbocycles. The molecule has 0 aromatic heterocycles. The monoisotopic (exact) mass is 250 g/mol. The molecule has 2 aliphatic carbocycles. The van der Waals surface area contributed by atoms with Gasteiger partial charge in [-0.1, -0.05) is 18.2 Å². The van der Waals surface area contributed by atoms with Crippen molar-refractivity contribution < 1.29 is 14.6 Å². The Morgan fingerprint density at radius 1 is 1.56 bits per heavy atom. The third-order valence-corrected chi connectivity index (χ3v) is 4.65. The molecule has 0 unspecified atom stereocenters. The quantitative estimate of drug-likeness (QED) is 0.463. The number of hydrogen-bond acceptors (Lipinski definition) is 3. The van der Waals surface area contributed by atoms with Gasteiger partial charge in [0, 0.05) is 12.7 Å². The highest BCUT2D eigenvalue weighted by atomic mass is 16.5. The zero-order valence-electron chi connectivity index (χ0n) is 11.0. The Morgan fingerprint density at radius 3 is 3.11 bits per heavy atom. The summed E-state index contributed by atoms with van der Waals surface area (Å²) in [5, 5.41) is 9.54. The van der Waals surface area contributed by atoms with Gasteiger partial charge < -0.3 is 9.84 Å². The van der Waals surface area contributed by atoms with E-state index in [0.29, 0.717) is 11.8 Å². The second-order valence-electron chi connectivity index (χ2n) is 5.37. The molecule has 0 heterocycles. The van der Waals surface area contributed by atoms with Crippen molar-refractivity contribution in [2.24, 2.45) is 17.3 Å². The zero-order valence-corrected chi connectivity index (χ0v) is 11.0. The molecule has 0 aliphatic heterocycles. The first-order chi connectivity index (χ1) is 8.73. The van der Waals surface area contributed by atoms with Crippen LogP contribution < -0.4 is 0 Å². The van der Waals surface area contributed by atoms with Crippen LogP contribution in [0.25, 0.3) is 0 Å². The molecule has 100 valence electrons. The fraction of sp³-hybridized carbons (Fsp3) is 0.667. The molecule has 0 bridgehead atoms. The van der Waals surface area contributed by atoms with Crippen LogP contribution in [0.4, 0.5) is 0 Å². The number of esters is 1. The van der Waals surface area contributed by atoms with Crippen LogP contribution in [0.3, 0.4) is 0 Å². The average Bonchev–Trinajstić information content (AvgIpc) is 2.92. The maximum absolute atomic E-state index is 11.0. The third-order valence-electron chi connectivity index (χ3n) is 4.65. The van der Waals surface area contributed by atoms with Gasteiger partial charge >= 0.3 is 5.97 Å². The molecule has 1 N–H and O–H groups in total. The minimum atomic E-state index is -0.295. The summed E-state index contributed by atoms with van der Waals surface area (Å²) in [5.41, 5.74) is 0.176. The molecule has 3 heteroatoms. The van der Waals surface area contributed by atoms with Gasteiger partial charge in [0.1, 0.15) is 0 Å². The molecule has 2 rings (SSSR count). The van der Waals surface area contributed by atoms with E-state index in [9.17, 15) is 9.90 Å². The zero-order chi connectivity index (χ0) is 13.0. The van der Waals surface area contributed by atoms with Gasteiger partial charge in [-0.05, 0) is 49.4 Å². The first-order valence-corrected chi connectivity index (χ1v) is 6.76. The Hall–Kier alpha value is -1.09. The topological polar surface area (TPSA) is 46.5 Å². The van der Waals surface area contributed by atoms with E-state index in [1.54, 1.807) is 0 Å². The Balaban J connectivity index is 1.95. The van der Waals surface area contributed by atoms with Crippen LogP contribution in [0.2, 0.25) is 0 Å². The number of aliphatic hydroxyl groups excluding tert-OH is 1. The van der Waals surface area contributed by atoms with E-state index in [1.165, 1.54) is 19.6 Å². The van der Waals surface area contributed by atoms with Gasteiger partial charge in [-0.2, -0.15) is 0 Å². The van der Waals surface area contributed by atoms with E-state index in [4.69, 9.17) is 0 Å². The van der Waals surface area contributed by atoms with Crippen molar-refractivity contribution in [3.8, 4) is 0 Å². The van der Waals surface area contributed by atoms with Crippen molar-refractivity contribution >= 4 is 5.97 Å². The lowest BCUT2D eigenvalue weighted by atomic mass is 9.71. The van der Waals surface area contributed by atoms with Crippen LogP contribution in [-0.4, -0.2) is 24.8 Å². The van der Waals surface area contributed by atoms with Crippen molar-refractivity contribution in [1.29, 1.82) is 0 Å². The largest absolute Gasteiger partial charge is 0.466 e. The summed E-state index contributed by atoms with van der Waals surface area (Å²) in [7, 11) is 1.39. The van der Waals surface area contributed by atoms with Crippen molar-refractivity contribution in [2.45, 2.75) is 32.1 Å². The summed E-state index contributed by atoms with van der Waals surface area (Å²) in [4.78, 5) is 11.0. The van der Waals surface area contributed by atoms with E-state index in [0.717, 1.165) is 25.7 Å². The number of rotatable bonds is 5. The summed E-state index contributed by atoms with van der Waals surface area (Å²) in [6.45, 7) is 0.279. The van der Waals surface area contributed by atoms with E-state index in [-0.39, 0.29) is 18.0 Å². The molecule has 3 nitrogen and oxygen atoms in total. The normalized spacial score (nSPS) is 34.1. The number of fused-ring (bicyclic) bond motifs is 1. The maximum atomic E-state index is 11.0. The standard InChI is InChI=1S/C15H22O3/c1-18-14(17)6-2-3-9-15-10-4-5-12(15)7-8-13(15)11-16/h2,4,6,10,12-13,16H,3,5,7-9,11H2,1H3/t12-,13-,15-/m0/s1. The Morgan fingerprint density at radius 2 is 2.39 bits per heavy atom. The molecular weight excluding hydrogens is 228 g/mol. The molecule has 0 saturated heterocycles. The van der Waals surface area contributed by atoms with Gasteiger partial charge in [0.25, 0.3) is 0 Å². The predicted octanol–water partition coefficient (Wildman–Crippen LogP) is 2.46. The number of methoxy groups -OCH3 is 1. The molecule has 0 radical (unpaired) electrons. The van der Waals surface area contributed by atoms with Crippen LogP contribution in [0, 0.1) is 17.3 Å². The van der Waals surface area contributed by atoms with E-state index in [1.807, 2.05) is 6.08 Å². The molecule has 18 heavy (non-hydrogen) atoms. The summed E-state index contributed by atoms with van der Waals surface area (Å²) in [6, 6.07) is 0. The third kappa shape index (κ3) is 2.37. The lowest BCUT2D eigenvalue weighted by Crippen LogP contribution is -2.29. The van der Waals surface area contributed by atoms with E-state index in [2.05, 4.69) is 16.9 Å². The number of allylic oxidation sites excluding steroid dienone is 3. The highest BCUT2D eigenvalue weighted by Crippen LogP contribution is 2.56. The maximum Gasteiger partial charge on any atom is 0.330 e. The van der Waals surface area contributed by atoms with Crippen LogP contribution >= 0.6 is 0 Å². The first kappa shape index (κ1) is 13.3. The number of carbonyl (C=O) groups is 1. The molecule has 0 amide bonds. The number of ether oxygens (including phenoxy) is 1. The van der Waals surface area contributed by atoms with Crippen molar-refractivity contribution in [3.05, 3.63) is 24.3 Å². The van der Waals surface area contributed by atoms with E-state index >= 15 is 0 Å². The predicted molar refractivity (Wildman–Crippen MR) is 69.9 cm³/mol. The average molecular weight is 250 g/mol. The van der Waals surface area contributed by atoms with Crippen LogP contribution in [-0.2, 0) is 9.53 Å². The molecular formula is C15H22O3. The minimum absolute atomic E-state index is 0.176. The van der Waals surface area contributed by atoms with Gasteiger partial charge in [-0.25, -0.2) is 4.79 Å². The van der Waals surface area contributed by atoms with Gasteiger partial charge in [0.2, 0.25) is 0 Å². The molecule has 2 aliphatic rings. The Bertz CT molecular complexity index is 359. The molecule has 1 fully saturated rings. The van der Waals surface area contributed by atoms with Crippen molar-refractivity contribution in [1.82, 2.24) is 0 Å². The van der Waals surface area contributed by atoms with Gasteiger partial charge in [-0.15, -0.1) is 0 Å². The van der Waals surface area contributed by atoms with Gasteiger partial charge in [0.15, 0.2) is 0 Å². The molecule has 3 atom stereocenters. The Labute approximate surface area is 109 Å². The fourth-order valence-electron chi connectivity index (χ4n) is 3.67. The first-order valence-electron chi connectivity index (χ1n) is 6.76. The van der Waals surface area contributed by atoms with Crippen LogP contribution in [0.15, 0.2) is 24.3 Å². The number of aliphatic hydroxyl groups is 1. The van der Waals surface area contributed by atoms with Crippen LogP contribution in [0.1, 0.15) is 32.1 Å². The molecule has 1 saturated carbocycles. The number of hydrogen-bond donors (Lipinski definition) is 1. The summed E-state index contributed by atoms with van der Waals surface area (Å²) >= 11 is 0. The SMILES string of the molecule is COC(=O)C=CCC[C@]12C=CC[C@H]1CC[C@H]2CO. The summed E-state index contributed by atoms with van der Waals surface area (Å²) in [6.07, 6.45) is 13.3. The number of carbonyl (C=O) groups excluding carboxylic acids is 1. The smallest absolute Gasteiger partial charge is 0.330 e. The van der Waals surface area contributed by atoms with Gasteiger partial charge in [-0.3, -0.25) is 0 Å². The van der Waals surface area contributed by atoms with Gasteiger partial charge in [0.05, 0.1) is 7.11 Å². The fourth-order valence-corrected chi connectivity index (χ4v) is 3.67. The van der Waals surface area contributed by atoms with Crippen molar-refractivity contribution in [2.75, 3.05) is 13.7 Å². The lowest BCUT2D eigenvalue weighted by molar-refractivity contribution is -0.134. The highest BCUT2D eigenvalue weighted by Gasteiger charge is 2.48. The second-order valence-corrected chi connectivity index (χ2v) is 5.37. The van der Waals surface area contributed by atoms with E-state index < -0.39 is 0 Å². The molecule has 0 aromatic rings. The summed E-state index contributed by atoms with van der Waals surface area (Å²) < 4.78 is 4.57. The second kappa shape index (κ2) is 5.70.